The monoisotopic (exact) mass is 323 g/mol. The summed E-state index contributed by atoms with van der Waals surface area (Å²) in [5.74, 6) is 1.29. The molecule has 1 fully saturated rings. The lowest BCUT2D eigenvalue weighted by molar-refractivity contribution is 0.408. The molecule has 114 valence electrons. The number of thiophene rings is 1. The molecule has 21 heavy (non-hydrogen) atoms. The number of anilines is 1. The molecule has 0 aromatic carbocycles. The maximum atomic E-state index is 6.42. The van der Waals surface area contributed by atoms with E-state index in [4.69, 9.17) is 16.6 Å². The molecule has 0 saturated carbocycles. The Balaban J connectivity index is 2.07. The summed E-state index contributed by atoms with van der Waals surface area (Å²) in [6.45, 7) is 8.90. The number of rotatable bonds is 2. The molecule has 2 aromatic rings. The third kappa shape index (κ3) is 2.76. The molecule has 0 spiro atoms. The summed E-state index contributed by atoms with van der Waals surface area (Å²) in [6, 6.07) is 3.10. The highest BCUT2D eigenvalue weighted by molar-refractivity contribution is 7.18. The van der Waals surface area contributed by atoms with Crippen molar-refractivity contribution >= 4 is 39.1 Å². The molecule has 0 amide bonds. The molecule has 0 aliphatic carbocycles. The Morgan fingerprint density at radius 3 is 2.52 bits per heavy atom. The summed E-state index contributed by atoms with van der Waals surface area (Å²) < 4.78 is 0. The van der Waals surface area contributed by atoms with Crippen molar-refractivity contribution in [2.24, 2.45) is 0 Å². The number of hydrogen-bond donors (Lipinski definition) is 0. The maximum absolute atomic E-state index is 6.42. The maximum Gasteiger partial charge on any atom is 0.228 e. The third-order valence-corrected chi connectivity index (χ3v) is 5.96. The fourth-order valence-electron chi connectivity index (χ4n) is 3.11. The van der Waals surface area contributed by atoms with Crippen LogP contribution in [0.5, 0.6) is 0 Å². The van der Waals surface area contributed by atoms with Crippen molar-refractivity contribution in [2.75, 3.05) is 4.90 Å². The highest BCUT2D eigenvalue weighted by Crippen LogP contribution is 2.35. The van der Waals surface area contributed by atoms with Gasteiger partial charge >= 0.3 is 0 Å². The van der Waals surface area contributed by atoms with E-state index in [-0.39, 0.29) is 0 Å². The van der Waals surface area contributed by atoms with Crippen LogP contribution in [0.3, 0.4) is 0 Å². The normalized spacial score (nSPS) is 23.2. The Morgan fingerprint density at radius 1 is 1.24 bits per heavy atom. The largest absolute Gasteiger partial charge is 0.335 e. The highest BCUT2D eigenvalue weighted by Gasteiger charge is 2.27. The van der Waals surface area contributed by atoms with Crippen LogP contribution in [0.2, 0.25) is 5.15 Å². The molecule has 0 bridgehead atoms. The van der Waals surface area contributed by atoms with Crippen LogP contribution in [0, 0.1) is 0 Å². The van der Waals surface area contributed by atoms with Gasteiger partial charge in [0.1, 0.15) is 9.98 Å². The van der Waals surface area contributed by atoms with E-state index in [0.717, 1.165) is 16.2 Å². The molecular formula is C16H22ClN3S. The first-order valence-corrected chi connectivity index (χ1v) is 8.92. The summed E-state index contributed by atoms with van der Waals surface area (Å²) >= 11 is 8.16. The summed E-state index contributed by atoms with van der Waals surface area (Å²) in [5.41, 5.74) is 0. The first-order valence-electron chi connectivity index (χ1n) is 7.72. The molecule has 2 atom stereocenters. The molecule has 0 N–H and O–H groups in total. The average molecular weight is 324 g/mol. The Bertz CT molecular complexity index is 642. The lowest BCUT2D eigenvalue weighted by Crippen LogP contribution is -2.44. The summed E-state index contributed by atoms with van der Waals surface area (Å²) in [4.78, 5) is 14.1. The summed E-state index contributed by atoms with van der Waals surface area (Å²) in [5, 5.41) is 1.58. The van der Waals surface area contributed by atoms with Gasteiger partial charge in [0.2, 0.25) is 5.95 Å². The van der Waals surface area contributed by atoms with Crippen LogP contribution >= 0.6 is 22.9 Å². The standard InChI is InChI=1S/C16H22ClN3S/c1-9(2)13-8-12-14(17)18-16(19-15(12)21-13)20-10(3)6-5-7-11(20)4/h8-11H,5-7H2,1-4H3. The molecule has 1 aliphatic heterocycles. The second kappa shape index (κ2) is 5.73. The minimum Gasteiger partial charge on any atom is -0.335 e. The number of piperidine rings is 1. The Hall–Kier alpha value is -0.870. The average Bonchev–Trinajstić information content (AvgIpc) is 2.83. The van der Waals surface area contributed by atoms with Gasteiger partial charge < -0.3 is 4.90 Å². The van der Waals surface area contributed by atoms with E-state index in [0.29, 0.717) is 23.2 Å². The van der Waals surface area contributed by atoms with Gasteiger partial charge in [0.25, 0.3) is 0 Å². The SMILES string of the molecule is CC(C)c1cc2c(Cl)nc(N3C(C)CCCC3C)nc2s1. The van der Waals surface area contributed by atoms with Gasteiger partial charge in [-0.15, -0.1) is 11.3 Å². The molecule has 1 aliphatic rings. The van der Waals surface area contributed by atoms with Crippen molar-refractivity contribution in [1.29, 1.82) is 0 Å². The van der Waals surface area contributed by atoms with Gasteiger partial charge in [-0.3, -0.25) is 0 Å². The van der Waals surface area contributed by atoms with Crippen molar-refractivity contribution in [3.05, 3.63) is 16.1 Å². The fourth-order valence-corrected chi connectivity index (χ4v) is 4.41. The van der Waals surface area contributed by atoms with E-state index in [9.17, 15) is 0 Å². The molecule has 3 nitrogen and oxygen atoms in total. The number of fused-ring (bicyclic) bond motifs is 1. The molecule has 1 saturated heterocycles. The second-order valence-corrected chi connectivity index (χ2v) is 7.79. The topological polar surface area (TPSA) is 29.0 Å². The minimum atomic E-state index is 0.479. The van der Waals surface area contributed by atoms with Gasteiger partial charge in [0, 0.05) is 22.3 Å². The second-order valence-electron chi connectivity index (χ2n) is 6.37. The zero-order valence-electron chi connectivity index (χ0n) is 13.1. The number of halogens is 1. The van der Waals surface area contributed by atoms with Crippen molar-refractivity contribution in [2.45, 2.75) is 65.0 Å². The fraction of sp³-hybridized carbons (Fsp3) is 0.625. The van der Waals surface area contributed by atoms with E-state index >= 15 is 0 Å². The Labute approximate surface area is 135 Å². The smallest absolute Gasteiger partial charge is 0.228 e. The molecular weight excluding hydrogens is 302 g/mol. The van der Waals surface area contributed by atoms with E-state index < -0.39 is 0 Å². The van der Waals surface area contributed by atoms with E-state index in [1.165, 1.54) is 24.1 Å². The highest BCUT2D eigenvalue weighted by atomic mass is 35.5. The Kier molecular flexibility index (Phi) is 4.10. The molecule has 2 unspecified atom stereocenters. The van der Waals surface area contributed by atoms with Crippen LogP contribution in [-0.4, -0.2) is 22.1 Å². The van der Waals surface area contributed by atoms with Gasteiger partial charge in [-0.05, 0) is 45.1 Å². The first kappa shape index (κ1) is 15.0. The van der Waals surface area contributed by atoms with Gasteiger partial charge in [-0.1, -0.05) is 25.4 Å². The molecule has 2 aromatic heterocycles. The van der Waals surface area contributed by atoms with Crippen molar-refractivity contribution in [1.82, 2.24) is 9.97 Å². The van der Waals surface area contributed by atoms with Gasteiger partial charge in [0.05, 0.1) is 0 Å². The quantitative estimate of drug-likeness (QED) is 0.708. The number of aromatic nitrogens is 2. The van der Waals surface area contributed by atoms with Crippen LogP contribution in [0.1, 0.15) is 57.8 Å². The van der Waals surface area contributed by atoms with Crippen LogP contribution < -0.4 is 4.90 Å². The minimum absolute atomic E-state index is 0.479. The van der Waals surface area contributed by atoms with Crippen LogP contribution in [-0.2, 0) is 0 Å². The van der Waals surface area contributed by atoms with Crippen molar-refractivity contribution in [3.63, 3.8) is 0 Å². The van der Waals surface area contributed by atoms with Crippen LogP contribution in [0.15, 0.2) is 6.07 Å². The van der Waals surface area contributed by atoms with Crippen molar-refractivity contribution in [3.8, 4) is 0 Å². The van der Waals surface area contributed by atoms with Crippen LogP contribution in [0.4, 0.5) is 5.95 Å². The van der Waals surface area contributed by atoms with Crippen LogP contribution in [0.25, 0.3) is 10.2 Å². The molecule has 3 rings (SSSR count). The van der Waals surface area contributed by atoms with E-state index in [2.05, 4.69) is 43.6 Å². The van der Waals surface area contributed by atoms with Gasteiger partial charge in [-0.25, -0.2) is 9.97 Å². The third-order valence-electron chi connectivity index (χ3n) is 4.35. The van der Waals surface area contributed by atoms with Gasteiger partial charge in [-0.2, -0.15) is 0 Å². The lowest BCUT2D eigenvalue weighted by atomic mass is 9.98. The summed E-state index contributed by atoms with van der Waals surface area (Å²) in [6.07, 6.45) is 3.68. The molecule has 3 heterocycles. The predicted molar refractivity (Wildman–Crippen MR) is 91.8 cm³/mol. The zero-order chi connectivity index (χ0) is 15.1. The van der Waals surface area contributed by atoms with E-state index in [1.54, 1.807) is 11.3 Å². The molecule has 5 heteroatoms. The number of nitrogens with zero attached hydrogens (tertiary/aromatic N) is 3. The first-order chi connectivity index (χ1) is 9.97. The van der Waals surface area contributed by atoms with E-state index in [1.807, 2.05) is 0 Å². The van der Waals surface area contributed by atoms with Gasteiger partial charge in [0.15, 0.2) is 0 Å². The summed E-state index contributed by atoms with van der Waals surface area (Å²) in [7, 11) is 0. The Morgan fingerprint density at radius 2 is 1.90 bits per heavy atom. The zero-order valence-corrected chi connectivity index (χ0v) is 14.6. The predicted octanol–water partition coefficient (Wildman–Crippen LogP) is 5.24. The number of hydrogen-bond acceptors (Lipinski definition) is 4. The lowest BCUT2D eigenvalue weighted by Gasteiger charge is -2.39. The molecule has 0 radical (unpaired) electrons. The van der Waals surface area contributed by atoms with Crippen molar-refractivity contribution < 1.29 is 0 Å².